The third-order valence-electron chi connectivity index (χ3n) is 3.78. The summed E-state index contributed by atoms with van der Waals surface area (Å²) in [4.78, 5) is 0. The van der Waals surface area contributed by atoms with E-state index >= 15 is 0 Å². The zero-order chi connectivity index (χ0) is 14.7. The van der Waals surface area contributed by atoms with Crippen molar-refractivity contribution >= 4 is 41.3 Å². The lowest BCUT2D eigenvalue weighted by molar-refractivity contribution is 0.109. The standard InChI is InChI=1S/C14H20Cl2N2O2.ClH/c15-11-5-8(6-12(16)14(11)17)13(20)7-18-9-1-3-10(19)4-2-9;/h5-6,9-10,13,18-20H,1-4,7,17H2;1H. The van der Waals surface area contributed by atoms with Crippen LogP contribution in [0.4, 0.5) is 5.69 Å². The Kier molecular flexibility index (Phi) is 7.54. The van der Waals surface area contributed by atoms with Gasteiger partial charge >= 0.3 is 0 Å². The van der Waals surface area contributed by atoms with E-state index < -0.39 is 6.10 Å². The molecule has 0 spiro atoms. The third-order valence-corrected chi connectivity index (χ3v) is 4.41. The highest BCUT2D eigenvalue weighted by Gasteiger charge is 2.20. The van der Waals surface area contributed by atoms with E-state index in [1.807, 2.05) is 0 Å². The molecule has 1 aliphatic carbocycles. The molecule has 21 heavy (non-hydrogen) atoms. The fourth-order valence-corrected chi connectivity index (χ4v) is 2.98. The van der Waals surface area contributed by atoms with Gasteiger partial charge in [0.1, 0.15) is 0 Å². The number of anilines is 1. The quantitative estimate of drug-likeness (QED) is 0.626. The summed E-state index contributed by atoms with van der Waals surface area (Å²) in [5.41, 5.74) is 6.65. The molecule has 2 rings (SSSR count). The van der Waals surface area contributed by atoms with Crippen LogP contribution in [0.25, 0.3) is 0 Å². The van der Waals surface area contributed by atoms with E-state index in [0.717, 1.165) is 25.7 Å². The molecule has 1 atom stereocenters. The van der Waals surface area contributed by atoms with Gasteiger partial charge in [-0.05, 0) is 43.4 Å². The van der Waals surface area contributed by atoms with Gasteiger partial charge in [0.25, 0.3) is 0 Å². The fourth-order valence-electron chi connectivity index (χ4n) is 2.47. The third kappa shape index (κ3) is 5.16. The molecule has 1 saturated carbocycles. The van der Waals surface area contributed by atoms with Gasteiger partial charge in [0.05, 0.1) is 27.9 Å². The number of aliphatic hydroxyl groups is 2. The topological polar surface area (TPSA) is 78.5 Å². The minimum absolute atomic E-state index is 0. The Morgan fingerprint density at radius 1 is 1.19 bits per heavy atom. The van der Waals surface area contributed by atoms with Crippen molar-refractivity contribution in [3.05, 3.63) is 27.7 Å². The molecule has 1 unspecified atom stereocenters. The summed E-state index contributed by atoms with van der Waals surface area (Å²) < 4.78 is 0. The van der Waals surface area contributed by atoms with Crippen LogP contribution in [-0.4, -0.2) is 28.9 Å². The predicted molar refractivity (Wildman–Crippen MR) is 89.3 cm³/mol. The first-order valence-corrected chi connectivity index (χ1v) is 7.57. The summed E-state index contributed by atoms with van der Waals surface area (Å²) in [5, 5.41) is 23.6. The second kappa shape index (κ2) is 8.42. The molecule has 0 saturated heterocycles. The van der Waals surface area contributed by atoms with E-state index in [2.05, 4.69) is 5.32 Å². The molecule has 1 fully saturated rings. The van der Waals surface area contributed by atoms with Crippen LogP contribution < -0.4 is 11.1 Å². The molecule has 0 amide bonds. The molecule has 0 aliphatic heterocycles. The average Bonchev–Trinajstić information content (AvgIpc) is 2.43. The number of hydrogen-bond donors (Lipinski definition) is 4. The number of nitrogens with one attached hydrogen (secondary N) is 1. The summed E-state index contributed by atoms with van der Waals surface area (Å²) in [6, 6.07) is 3.62. The number of hydrogen-bond acceptors (Lipinski definition) is 4. The highest BCUT2D eigenvalue weighted by Crippen LogP contribution is 2.31. The number of halogens is 3. The Morgan fingerprint density at radius 2 is 1.71 bits per heavy atom. The lowest BCUT2D eigenvalue weighted by Gasteiger charge is -2.27. The summed E-state index contributed by atoms with van der Waals surface area (Å²) in [5.74, 6) is 0. The van der Waals surface area contributed by atoms with Crippen LogP contribution in [0, 0.1) is 0 Å². The maximum atomic E-state index is 10.2. The molecule has 5 N–H and O–H groups in total. The molecular formula is C14H21Cl3N2O2. The number of nitrogens with two attached hydrogens (primary N) is 1. The largest absolute Gasteiger partial charge is 0.396 e. The second-order valence-electron chi connectivity index (χ2n) is 5.33. The molecule has 7 heteroatoms. The van der Waals surface area contributed by atoms with Crippen molar-refractivity contribution in [3.63, 3.8) is 0 Å². The number of aliphatic hydroxyl groups excluding tert-OH is 2. The monoisotopic (exact) mass is 354 g/mol. The normalized spacial score (nSPS) is 23.4. The van der Waals surface area contributed by atoms with E-state index in [1.54, 1.807) is 12.1 Å². The van der Waals surface area contributed by atoms with Crippen molar-refractivity contribution < 1.29 is 10.2 Å². The highest BCUT2D eigenvalue weighted by molar-refractivity contribution is 6.38. The van der Waals surface area contributed by atoms with Crippen molar-refractivity contribution in [1.29, 1.82) is 0 Å². The van der Waals surface area contributed by atoms with Crippen LogP contribution in [0.2, 0.25) is 10.0 Å². The summed E-state index contributed by atoms with van der Waals surface area (Å²) >= 11 is 11.9. The molecular weight excluding hydrogens is 335 g/mol. The predicted octanol–water partition coefficient (Wildman–Crippen LogP) is 2.92. The van der Waals surface area contributed by atoms with Crippen molar-refractivity contribution in [2.75, 3.05) is 12.3 Å². The van der Waals surface area contributed by atoms with Gasteiger partial charge < -0.3 is 21.3 Å². The smallest absolute Gasteiger partial charge is 0.0915 e. The Balaban J connectivity index is 0.00000220. The van der Waals surface area contributed by atoms with Crippen molar-refractivity contribution in [1.82, 2.24) is 5.32 Å². The molecule has 1 aromatic carbocycles. The first kappa shape index (κ1) is 18.8. The van der Waals surface area contributed by atoms with E-state index in [4.69, 9.17) is 28.9 Å². The van der Waals surface area contributed by atoms with E-state index in [0.29, 0.717) is 33.9 Å². The summed E-state index contributed by atoms with van der Waals surface area (Å²) in [6.45, 7) is 0.428. The SMILES string of the molecule is Cl.Nc1c(Cl)cc(C(O)CNC2CCC(O)CC2)cc1Cl. The molecule has 0 radical (unpaired) electrons. The Labute approximate surface area is 141 Å². The first-order chi connectivity index (χ1) is 9.47. The number of rotatable bonds is 4. The zero-order valence-electron chi connectivity index (χ0n) is 11.6. The van der Waals surface area contributed by atoms with Gasteiger partial charge in [-0.2, -0.15) is 0 Å². The van der Waals surface area contributed by atoms with Gasteiger partial charge in [-0.3, -0.25) is 0 Å². The van der Waals surface area contributed by atoms with Crippen molar-refractivity contribution in [2.45, 2.75) is 43.9 Å². The van der Waals surface area contributed by atoms with Crippen molar-refractivity contribution in [3.8, 4) is 0 Å². The van der Waals surface area contributed by atoms with Crippen LogP contribution >= 0.6 is 35.6 Å². The second-order valence-corrected chi connectivity index (χ2v) is 6.14. The van der Waals surface area contributed by atoms with Gasteiger partial charge in [-0.1, -0.05) is 23.2 Å². The molecule has 1 aromatic rings. The lowest BCUT2D eigenvalue weighted by Crippen LogP contribution is -2.36. The van der Waals surface area contributed by atoms with Crippen LogP contribution in [0.1, 0.15) is 37.4 Å². The number of nitrogen functional groups attached to an aromatic ring is 1. The van der Waals surface area contributed by atoms with E-state index in [1.165, 1.54) is 0 Å². The molecule has 1 aliphatic rings. The zero-order valence-corrected chi connectivity index (χ0v) is 13.9. The molecule has 0 heterocycles. The van der Waals surface area contributed by atoms with Crippen molar-refractivity contribution in [2.24, 2.45) is 0 Å². The Morgan fingerprint density at radius 3 is 2.24 bits per heavy atom. The van der Waals surface area contributed by atoms with Crippen LogP contribution in [-0.2, 0) is 0 Å². The summed E-state index contributed by atoms with van der Waals surface area (Å²) in [7, 11) is 0. The number of benzene rings is 1. The Bertz CT molecular complexity index is 443. The van der Waals surface area contributed by atoms with Gasteiger partial charge in [-0.25, -0.2) is 0 Å². The molecule has 0 bridgehead atoms. The van der Waals surface area contributed by atoms with Crippen LogP contribution in [0.5, 0.6) is 0 Å². The van der Waals surface area contributed by atoms with Gasteiger partial charge in [0.15, 0.2) is 0 Å². The van der Waals surface area contributed by atoms with Gasteiger partial charge in [-0.15, -0.1) is 12.4 Å². The maximum absolute atomic E-state index is 10.2. The Hall–Kier alpha value is -0.230. The lowest BCUT2D eigenvalue weighted by atomic mass is 9.93. The molecule has 4 nitrogen and oxygen atoms in total. The maximum Gasteiger partial charge on any atom is 0.0915 e. The minimum Gasteiger partial charge on any atom is -0.396 e. The average molecular weight is 356 g/mol. The van der Waals surface area contributed by atoms with Crippen LogP contribution in [0.3, 0.4) is 0 Å². The molecule has 120 valence electrons. The van der Waals surface area contributed by atoms with E-state index in [-0.39, 0.29) is 18.5 Å². The first-order valence-electron chi connectivity index (χ1n) is 6.81. The summed E-state index contributed by atoms with van der Waals surface area (Å²) in [6.07, 6.45) is 2.62. The fraction of sp³-hybridized carbons (Fsp3) is 0.571. The van der Waals surface area contributed by atoms with Gasteiger partial charge in [0.2, 0.25) is 0 Å². The van der Waals surface area contributed by atoms with Gasteiger partial charge in [0, 0.05) is 12.6 Å². The minimum atomic E-state index is -0.683. The van der Waals surface area contributed by atoms with Crippen LogP contribution in [0.15, 0.2) is 12.1 Å². The highest BCUT2D eigenvalue weighted by atomic mass is 35.5. The van der Waals surface area contributed by atoms with E-state index in [9.17, 15) is 10.2 Å². The molecule has 0 aromatic heterocycles.